The molecule has 6 fully saturated rings. The van der Waals surface area contributed by atoms with Gasteiger partial charge in [-0.2, -0.15) is 0 Å². The molecule has 1 saturated heterocycles. The molecule has 0 aromatic carbocycles. The van der Waals surface area contributed by atoms with E-state index in [0.29, 0.717) is 48.4 Å². The SMILES string of the molecule is O=C(N[C@H]1C2CC3CC1C[C@@](O)(C3)C2)c1cnc(NC2COC2)nc1C1CC1. The predicted molar refractivity (Wildman–Crippen MR) is 102 cm³/mol. The Hall–Kier alpha value is -1.73. The molecule has 5 saturated carbocycles. The standard InChI is InChI=1S/C21H28N4O3/c26-19(24-17-13-3-11-4-14(17)7-21(27,5-11)6-13)16-8-22-20(23-15-9-28-10-15)25-18(16)12-1-2-12/h8,11-15,17,27H,1-7,9-10H2,(H,24,26)(H,22,23,25)/t11?,13?,14?,17-,21+. The molecule has 1 aliphatic heterocycles. The van der Waals surface area contributed by atoms with Crippen molar-refractivity contribution in [3.8, 4) is 0 Å². The van der Waals surface area contributed by atoms with Crippen molar-refractivity contribution in [2.75, 3.05) is 18.5 Å². The minimum Gasteiger partial charge on any atom is -0.390 e. The number of rotatable bonds is 5. The molecule has 28 heavy (non-hydrogen) atoms. The maximum absolute atomic E-state index is 13.2. The Morgan fingerprint density at radius 1 is 1.18 bits per heavy atom. The number of hydrogen-bond acceptors (Lipinski definition) is 6. The lowest BCUT2D eigenvalue weighted by atomic mass is 9.52. The molecule has 0 radical (unpaired) electrons. The summed E-state index contributed by atoms with van der Waals surface area (Å²) in [6, 6.07) is 0.451. The molecule has 2 atom stereocenters. The van der Waals surface area contributed by atoms with Crippen LogP contribution in [0.3, 0.4) is 0 Å². The highest BCUT2D eigenvalue weighted by atomic mass is 16.5. The van der Waals surface area contributed by atoms with Crippen LogP contribution in [-0.4, -0.2) is 51.9 Å². The quantitative estimate of drug-likeness (QED) is 0.717. The zero-order chi connectivity index (χ0) is 18.9. The second-order valence-corrected chi connectivity index (χ2v) is 9.84. The third-order valence-electron chi connectivity index (χ3n) is 7.54. The van der Waals surface area contributed by atoms with Crippen LogP contribution in [0.15, 0.2) is 6.20 Å². The fourth-order valence-electron chi connectivity index (χ4n) is 6.26. The summed E-state index contributed by atoms with van der Waals surface area (Å²) in [5, 5.41) is 17.4. The lowest BCUT2D eigenvalue weighted by Gasteiger charge is -2.58. The van der Waals surface area contributed by atoms with Gasteiger partial charge in [-0.3, -0.25) is 4.79 Å². The Morgan fingerprint density at radius 2 is 1.93 bits per heavy atom. The number of nitrogens with one attached hydrogen (secondary N) is 2. The van der Waals surface area contributed by atoms with Gasteiger partial charge in [-0.1, -0.05) is 0 Å². The first-order valence-electron chi connectivity index (χ1n) is 10.8. The van der Waals surface area contributed by atoms with Gasteiger partial charge in [0.2, 0.25) is 5.95 Å². The number of carbonyl (C=O) groups excluding carboxylic acids is 1. The van der Waals surface area contributed by atoms with Crippen LogP contribution in [0.4, 0.5) is 5.95 Å². The van der Waals surface area contributed by atoms with Crippen LogP contribution < -0.4 is 10.6 Å². The van der Waals surface area contributed by atoms with Crippen molar-refractivity contribution in [3.05, 3.63) is 17.5 Å². The molecule has 0 spiro atoms. The molecule has 1 aromatic rings. The highest BCUT2D eigenvalue weighted by Gasteiger charge is 2.55. The van der Waals surface area contributed by atoms with E-state index in [1.807, 2.05) is 0 Å². The smallest absolute Gasteiger partial charge is 0.254 e. The number of ether oxygens (including phenoxy) is 1. The first-order chi connectivity index (χ1) is 13.6. The minimum absolute atomic E-state index is 0.0371. The summed E-state index contributed by atoms with van der Waals surface area (Å²) in [5.41, 5.74) is 1.04. The lowest BCUT2D eigenvalue weighted by Crippen LogP contribution is -2.61. The van der Waals surface area contributed by atoms with Crippen molar-refractivity contribution < 1.29 is 14.6 Å². The van der Waals surface area contributed by atoms with E-state index in [2.05, 4.69) is 15.6 Å². The van der Waals surface area contributed by atoms with Gasteiger partial charge in [0.05, 0.1) is 36.1 Å². The number of aliphatic hydroxyl groups is 1. The van der Waals surface area contributed by atoms with E-state index in [-0.39, 0.29) is 18.0 Å². The van der Waals surface area contributed by atoms with Gasteiger partial charge in [0.25, 0.3) is 5.91 Å². The zero-order valence-corrected chi connectivity index (χ0v) is 16.1. The van der Waals surface area contributed by atoms with Gasteiger partial charge in [-0.05, 0) is 62.7 Å². The monoisotopic (exact) mass is 384 g/mol. The average molecular weight is 384 g/mol. The van der Waals surface area contributed by atoms with Crippen LogP contribution in [0.1, 0.15) is 66.9 Å². The van der Waals surface area contributed by atoms with Crippen LogP contribution in [-0.2, 0) is 4.74 Å². The molecule has 7 rings (SSSR count). The maximum Gasteiger partial charge on any atom is 0.254 e. The van der Waals surface area contributed by atoms with Crippen LogP contribution in [0, 0.1) is 17.8 Å². The highest BCUT2D eigenvalue weighted by Crippen LogP contribution is 2.55. The Balaban J connectivity index is 1.21. The molecule has 5 aliphatic carbocycles. The van der Waals surface area contributed by atoms with Gasteiger partial charge in [-0.15, -0.1) is 0 Å². The van der Waals surface area contributed by atoms with Crippen LogP contribution >= 0.6 is 0 Å². The first-order valence-corrected chi connectivity index (χ1v) is 10.8. The van der Waals surface area contributed by atoms with Crippen molar-refractivity contribution in [2.24, 2.45) is 17.8 Å². The summed E-state index contributed by atoms with van der Waals surface area (Å²) in [6.45, 7) is 1.37. The fourth-order valence-corrected chi connectivity index (χ4v) is 6.26. The van der Waals surface area contributed by atoms with Crippen molar-refractivity contribution in [1.29, 1.82) is 0 Å². The summed E-state index contributed by atoms with van der Waals surface area (Å²) in [6.07, 6.45) is 8.79. The van der Waals surface area contributed by atoms with Gasteiger partial charge in [0, 0.05) is 18.2 Å². The number of aromatic nitrogens is 2. The molecule has 7 heteroatoms. The topological polar surface area (TPSA) is 96.4 Å². The largest absolute Gasteiger partial charge is 0.390 e. The molecule has 2 heterocycles. The Kier molecular flexibility index (Phi) is 3.76. The summed E-state index contributed by atoms with van der Waals surface area (Å²) < 4.78 is 5.20. The Morgan fingerprint density at radius 3 is 2.54 bits per heavy atom. The molecule has 3 N–H and O–H groups in total. The number of nitrogens with zero attached hydrogens (tertiary/aromatic N) is 2. The molecule has 2 unspecified atom stereocenters. The third kappa shape index (κ3) is 2.90. The summed E-state index contributed by atoms with van der Waals surface area (Å²) in [4.78, 5) is 22.3. The molecular formula is C21H28N4O3. The summed E-state index contributed by atoms with van der Waals surface area (Å²) >= 11 is 0. The highest BCUT2D eigenvalue weighted by molar-refractivity contribution is 5.95. The van der Waals surface area contributed by atoms with Crippen LogP contribution in [0.5, 0.6) is 0 Å². The van der Waals surface area contributed by atoms with E-state index in [0.717, 1.165) is 50.6 Å². The number of anilines is 1. The van der Waals surface area contributed by atoms with Crippen molar-refractivity contribution in [1.82, 2.24) is 15.3 Å². The van der Waals surface area contributed by atoms with Gasteiger partial charge in [0.15, 0.2) is 0 Å². The van der Waals surface area contributed by atoms with E-state index in [9.17, 15) is 9.90 Å². The molecule has 7 nitrogen and oxygen atoms in total. The lowest BCUT2D eigenvalue weighted by molar-refractivity contribution is -0.136. The second-order valence-electron chi connectivity index (χ2n) is 9.84. The van der Waals surface area contributed by atoms with E-state index in [1.54, 1.807) is 6.20 Å². The molecule has 150 valence electrons. The average Bonchev–Trinajstić information content (AvgIpc) is 3.44. The van der Waals surface area contributed by atoms with E-state index >= 15 is 0 Å². The first kappa shape index (κ1) is 17.2. The number of hydrogen-bond donors (Lipinski definition) is 3. The normalized spacial score (nSPS) is 38.9. The molecular weight excluding hydrogens is 356 g/mol. The van der Waals surface area contributed by atoms with Gasteiger partial charge in [0.1, 0.15) is 0 Å². The van der Waals surface area contributed by atoms with Crippen molar-refractivity contribution in [3.63, 3.8) is 0 Å². The van der Waals surface area contributed by atoms with Crippen LogP contribution in [0.25, 0.3) is 0 Å². The van der Waals surface area contributed by atoms with Gasteiger partial charge in [-0.25, -0.2) is 9.97 Å². The number of amides is 1. The predicted octanol–water partition coefficient (Wildman–Crippen LogP) is 1.83. The van der Waals surface area contributed by atoms with E-state index in [1.165, 1.54) is 0 Å². The van der Waals surface area contributed by atoms with Gasteiger partial charge < -0.3 is 20.5 Å². The second kappa shape index (κ2) is 6.13. The van der Waals surface area contributed by atoms with Gasteiger partial charge >= 0.3 is 0 Å². The van der Waals surface area contributed by atoms with Crippen molar-refractivity contribution in [2.45, 2.75) is 68.5 Å². The Bertz CT molecular complexity index is 791. The molecule has 1 aromatic heterocycles. The zero-order valence-electron chi connectivity index (χ0n) is 16.1. The fraction of sp³-hybridized carbons (Fsp3) is 0.762. The van der Waals surface area contributed by atoms with E-state index < -0.39 is 5.60 Å². The molecule has 4 bridgehead atoms. The Labute approximate surface area is 164 Å². The van der Waals surface area contributed by atoms with Crippen LogP contribution in [0.2, 0.25) is 0 Å². The number of carbonyl (C=O) groups is 1. The summed E-state index contributed by atoms with van der Waals surface area (Å²) in [7, 11) is 0. The van der Waals surface area contributed by atoms with E-state index in [4.69, 9.17) is 9.72 Å². The summed E-state index contributed by atoms with van der Waals surface area (Å²) in [5.74, 6) is 2.39. The minimum atomic E-state index is -0.474. The maximum atomic E-state index is 13.2. The molecule has 1 amide bonds. The molecule has 6 aliphatic rings. The van der Waals surface area contributed by atoms with Crippen molar-refractivity contribution >= 4 is 11.9 Å². The third-order valence-corrected chi connectivity index (χ3v) is 7.54.